The molecule has 0 saturated heterocycles. The Morgan fingerprint density at radius 2 is 1.47 bits per heavy atom. The predicted molar refractivity (Wildman–Crippen MR) is 69.9 cm³/mol. The number of aryl methyl sites for hydroxylation is 2. The minimum Gasteiger partial charge on any atom is -0.308 e. The van der Waals surface area contributed by atoms with E-state index in [0.717, 1.165) is 16.7 Å². The summed E-state index contributed by atoms with van der Waals surface area (Å²) >= 11 is 0. The lowest BCUT2D eigenvalue weighted by Gasteiger charge is -2.07. The molecule has 82 valence electrons. The van der Waals surface area contributed by atoms with E-state index in [1.54, 1.807) is 0 Å². The SMILES string of the molecule is C/C=C\c1c(C)ccc(C)c1C=N.CC. The van der Waals surface area contributed by atoms with Gasteiger partial charge >= 0.3 is 0 Å². The van der Waals surface area contributed by atoms with E-state index in [1.807, 2.05) is 33.8 Å². The zero-order valence-electron chi connectivity index (χ0n) is 10.4. The fourth-order valence-electron chi connectivity index (χ4n) is 1.43. The molecule has 1 N–H and O–H groups in total. The van der Waals surface area contributed by atoms with Crippen LogP contribution in [-0.4, -0.2) is 6.21 Å². The molecule has 1 heteroatoms. The zero-order chi connectivity index (χ0) is 11.8. The van der Waals surface area contributed by atoms with Crippen LogP contribution in [0.2, 0.25) is 0 Å². The van der Waals surface area contributed by atoms with Gasteiger partial charge in [-0.1, -0.05) is 38.1 Å². The molecule has 0 aliphatic rings. The van der Waals surface area contributed by atoms with E-state index >= 15 is 0 Å². The summed E-state index contributed by atoms with van der Waals surface area (Å²) in [6.45, 7) is 10.1. The van der Waals surface area contributed by atoms with Gasteiger partial charge in [-0.25, -0.2) is 0 Å². The van der Waals surface area contributed by atoms with Gasteiger partial charge in [0.2, 0.25) is 0 Å². The Labute approximate surface area is 93.4 Å². The summed E-state index contributed by atoms with van der Waals surface area (Å²) in [5.74, 6) is 0. The Morgan fingerprint density at radius 3 is 1.87 bits per heavy atom. The first-order valence-corrected chi connectivity index (χ1v) is 5.44. The van der Waals surface area contributed by atoms with Crippen LogP contribution in [0.5, 0.6) is 0 Å². The molecule has 0 spiro atoms. The van der Waals surface area contributed by atoms with Crippen molar-refractivity contribution in [1.82, 2.24) is 0 Å². The van der Waals surface area contributed by atoms with E-state index < -0.39 is 0 Å². The van der Waals surface area contributed by atoms with Crippen LogP contribution in [0.3, 0.4) is 0 Å². The van der Waals surface area contributed by atoms with Crippen molar-refractivity contribution in [2.24, 2.45) is 0 Å². The maximum absolute atomic E-state index is 7.34. The lowest BCUT2D eigenvalue weighted by molar-refractivity contribution is 1.35. The van der Waals surface area contributed by atoms with Crippen LogP contribution in [0, 0.1) is 19.3 Å². The summed E-state index contributed by atoms with van der Waals surface area (Å²) in [5.41, 5.74) is 4.58. The maximum Gasteiger partial charge on any atom is 0.0259 e. The van der Waals surface area contributed by atoms with Gasteiger partial charge in [-0.3, -0.25) is 0 Å². The van der Waals surface area contributed by atoms with Gasteiger partial charge < -0.3 is 5.41 Å². The van der Waals surface area contributed by atoms with Crippen LogP contribution in [0.15, 0.2) is 18.2 Å². The number of allylic oxidation sites excluding steroid dienone is 1. The third kappa shape index (κ3) is 3.35. The van der Waals surface area contributed by atoms with E-state index in [4.69, 9.17) is 5.41 Å². The Hall–Kier alpha value is -1.37. The lowest BCUT2D eigenvalue weighted by Crippen LogP contribution is -1.93. The molecule has 0 atom stereocenters. The third-order valence-corrected chi connectivity index (χ3v) is 2.20. The number of rotatable bonds is 2. The molecule has 0 aliphatic carbocycles. The van der Waals surface area contributed by atoms with Crippen LogP contribution in [0.1, 0.15) is 43.0 Å². The van der Waals surface area contributed by atoms with E-state index in [0.29, 0.717) is 0 Å². The van der Waals surface area contributed by atoms with Gasteiger partial charge in [-0.05, 0) is 37.5 Å². The molecule has 0 aromatic heterocycles. The zero-order valence-corrected chi connectivity index (χ0v) is 10.4. The molecule has 0 heterocycles. The van der Waals surface area contributed by atoms with E-state index in [1.165, 1.54) is 11.8 Å². The molecule has 1 aromatic rings. The van der Waals surface area contributed by atoms with Crippen molar-refractivity contribution in [2.75, 3.05) is 0 Å². The quantitative estimate of drug-likeness (QED) is 0.690. The second-order valence-electron chi connectivity index (χ2n) is 3.17. The molecule has 0 unspecified atom stereocenters. The highest BCUT2D eigenvalue weighted by Gasteiger charge is 2.02. The number of hydrogen-bond acceptors (Lipinski definition) is 1. The summed E-state index contributed by atoms with van der Waals surface area (Å²) in [7, 11) is 0. The Bertz CT molecular complexity index is 349. The minimum atomic E-state index is 1.03. The number of hydrogen-bond donors (Lipinski definition) is 1. The Kier molecular flexibility index (Phi) is 6.35. The third-order valence-electron chi connectivity index (χ3n) is 2.20. The Balaban J connectivity index is 0.000000921. The molecule has 0 fully saturated rings. The molecule has 15 heavy (non-hydrogen) atoms. The van der Waals surface area contributed by atoms with Crippen molar-refractivity contribution in [3.05, 3.63) is 40.5 Å². The standard InChI is InChI=1S/C12H15N.C2H6/c1-4-5-11-9(2)6-7-10(3)12(11)8-13;1-2/h4-8,13H,1-3H3;1-2H3/b5-4-,13-8?;. The van der Waals surface area contributed by atoms with Crippen molar-refractivity contribution >= 4 is 12.3 Å². The molecule has 0 aliphatic heterocycles. The van der Waals surface area contributed by atoms with Crippen molar-refractivity contribution in [3.63, 3.8) is 0 Å². The summed E-state index contributed by atoms with van der Waals surface area (Å²) in [6.07, 6.45) is 5.50. The van der Waals surface area contributed by atoms with Gasteiger partial charge in [0.1, 0.15) is 0 Å². The molecule has 1 nitrogen and oxygen atoms in total. The highest BCUT2D eigenvalue weighted by Crippen LogP contribution is 2.18. The van der Waals surface area contributed by atoms with Gasteiger partial charge in [0.05, 0.1) is 0 Å². The van der Waals surface area contributed by atoms with Crippen molar-refractivity contribution in [1.29, 1.82) is 5.41 Å². The van der Waals surface area contributed by atoms with Crippen LogP contribution in [-0.2, 0) is 0 Å². The molecule has 0 radical (unpaired) electrons. The average molecular weight is 203 g/mol. The first-order chi connectivity index (χ1) is 7.20. The second-order valence-corrected chi connectivity index (χ2v) is 3.17. The molecule has 1 aromatic carbocycles. The van der Waals surface area contributed by atoms with Gasteiger partial charge in [0, 0.05) is 11.8 Å². The van der Waals surface area contributed by atoms with Gasteiger partial charge in [0.15, 0.2) is 0 Å². The topological polar surface area (TPSA) is 23.9 Å². The largest absolute Gasteiger partial charge is 0.308 e. The highest BCUT2D eigenvalue weighted by atomic mass is 14.3. The first-order valence-electron chi connectivity index (χ1n) is 5.44. The fourth-order valence-corrected chi connectivity index (χ4v) is 1.43. The fraction of sp³-hybridized carbons (Fsp3) is 0.357. The van der Waals surface area contributed by atoms with E-state index in [2.05, 4.69) is 25.1 Å². The van der Waals surface area contributed by atoms with Crippen LogP contribution < -0.4 is 0 Å². The maximum atomic E-state index is 7.34. The summed E-state index contributed by atoms with van der Waals surface area (Å²) in [5, 5.41) is 7.34. The number of benzene rings is 1. The molecule has 1 rings (SSSR count). The van der Waals surface area contributed by atoms with Crippen molar-refractivity contribution in [2.45, 2.75) is 34.6 Å². The smallest absolute Gasteiger partial charge is 0.0259 e. The van der Waals surface area contributed by atoms with Crippen molar-refractivity contribution in [3.8, 4) is 0 Å². The van der Waals surface area contributed by atoms with Crippen LogP contribution in [0.4, 0.5) is 0 Å². The van der Waals surface area contributed by atoms with Gasteiger partial charge in [-0.15, -0.1) is 0 Å². The minimum absolute atomic E-state index is 1.03. The summed E-state index contributed by atoms with van der Waals surface area (Å²) in [6, 6.07) is 4.15. The number of nitrogens with one attached hydrogen (secondary N) is 1. The summed E-state index contributed by atoms with van der Waals surface area (Å²) in [4.78, 5) is 0. The van der Waals surface area contributed by atoms with Crippen molar-refractivity contribution < 1.29 is 0 Å². The molecule has 0 saturated carbocycles. The van der Waals surface area contributed by atoms with E-state index in [9.17, 15) is 0 Å². The lowest BCUT2D eigenvalue weighted by atomic mass is 9.98. The molecule has 0 bridgehead atoms. The normalized spacial score (nSPS) is 9.67. The second kappa shape index (κ2) is 6.99. The molecular formula is C14H21N. The summed E-state index contributed by atoms with van der Waals surface area (Å²) < 4.78 is 0. The first kappa shape index (κ1) is 13.6. The molecule has 0 amide bonds. The van der Waals surface area contributed by atoms with Crippen LogP contribution >= 0.6 is 0 Å². The van der Waals surface area contributed by atoms with Gasteiger partial charge in [-0.2, -0.15) is 0 Å². The average Bonchev–Trinajstić information content (AvgIpc) is 2.27. The Morgan fingerprint density at radius 1 is 1.00 bits per heavy atom. The monoisotopic (exact) mass is 203 g/mol. The molecular weight excluding hydrogens is 182 g/mol. The van der Waals surface area contributed by atoms with Gasteiger partial charge in [0.25, 0.3) is 0 Å². The van der Waals surface area contributed by atoms with E-state index in [-0.39, 0.29) is 0 Å². The predicted octanol–water partition coefficient (Wildman–Crippen LogP) is 4.36. The highest BCUT2D eigenvalue weighted by molar-refractivity contribution is 5.86. The van der Waals surface area contributed by atoms with Crippen LogP contribution in [0.25, 0.3) is 6.08 Å².